The summed E-state index contributed by atoms with van der Waals surface area (Å²) in [5.41, 5.74) is 0.977. The van der Waals surface area contributed by atoms with Crippen molar-refractivity contribution in [2.24, 2.45) is 5.92 Å². The van der Waals surface area contributed by atoms with Gasteiger partial charge in [0.1, 0.15) is 0 Å². The van der Waals surface area contributed by atoms with Crippen molar-refractivity contribution in [3.63, 3.8) is 0 Å². The smallest absolute Gasteiger partial charge is 0.224 e. The average molecular weight is 350 g/mol. The fraction of sp³-hybridized carbons (Fsp3) is 0.350. The van der Waals surface area contributed by atoms with Crippen LogP contribution in [0.25, 0.3) is 10.8 Å². The molecule has 0 bridgehead atoms. The van der Waals surface area contributed by atoms with E-state index in [4.69, 9.17) is 0 Å². The van der Waals surface area contributed by atoms with Gasteiger partial charge < -0.3 is 15.0 Å². The number of fused-ring (bicyclic) bond motifs is 1. The second-order valence-corrected chi connectivity index (χ2v) is 7.03. The first-order valence-corrected chi connectivity index (χ1v) is 8.94. The third-order valence-corrected chi connectivity index (χ3v) is 5.12. The molecule has 4 rings (SSSR count). The van der Waals surface area contributed by atoms with Crippen molar-refractivity contribution in [1.82, 2.24) is 19.9 Å². The van der Waals surface area contributed by atoms with Crippen molar-refractivity contribution in [1.29, 1.82) is 0 Å². The van der Waals surface area contributed by atoms with Crippen LogP contribution < -0.4 is 5.32 Å². The molecule has 1 unspecified atom stereocenters. The van der Waals surface area contributed by atoms with E-state index in [9.17, 15) is 9.90 Å². The number of hydrogen-bond acceptors (Lipinski definition) is 4. The molecule has 0 spiro atoms. The molecule has 3 atom stereocenters. The van der Waals surface area contributed by atoms with Crippen LogP contribution in [0, 0.1) is 5.92 Å². The quantitative estimate of drug-likeness (QED) is 0.737. The number of aliphatic hydroxyl groups excluding tert-OH is 1. The number of aromatic nitrogens is 3. The lowest BCUT2D eigenvalue weighted by molar-refractivity contribution is -0.121. The van der Waals surface area contributed by atoms with E-state index in [0.717, 1.165) is 29.3 Å². The molecule has 0 radical (unpaired) electrons. The summed E-state index contributed by atoms with van der Waals surface area (Å²) in [6, 6.07) is 7.65. The number of pyridine rings is 1. The molecule has 1 amide bonds. The predicted octanol–water partition coefficient (Wildman–Crippen LogP) is 1.93. The van der Waals surface area contributed by atoms with Crippen LogP contribution in [0.15, 0.2) is 55.4 Å². The minimum Gasteiger partial charge on any atom is -0.391 e. The number of imidazole rings is 1. The molecule has 2 N–H and O–H groups in total. The summed E-state index contributed by atoms with van der Waals surface area (Å²) >= 11 is 0. The van der Waals surface area contributed by atoms with Crippen LogP contribution in [0.2, 0.25) is 0 Å². The van der Waals surface area contributed by atoms with Crippen molar-refractivity contribution in [2.75, 3.05) is 0 Å². The third-order valence-electron chi connectivity index (χ3n) is 5.12. The summed E-state index contributed by atoms with van der Waals surface area (Å²) in [5, 5.41) is 15.4. The molecule has 0 aliphatic heterocycles. The van der Waals surface area contributed by atoms with Crippen molar-refractivity contribution in [3.05, 3.63) is 60.9 Å². The molecular weight excluding hydrogens is 328 g/mol. The summed E-state index contributed by atoms with van der Waals surface area (Å²) in [4.78, 5) is 20.7. The molecule has 6 nitrogen and oxygen atoms in total. The molecule has 2 heterocycles. The van der Waals surface area contributed by atoms with Gasteiger partial charge in [0, 0.05) is 36.7 Å². The minimum atomic E-state index is -0.496. The van der Waals surface area contributed by atoms with Gasteiger partial charge in [-0.2, -0.15) is 0 Å². The molecule has 6 heteroatoms. The number of benzene rings is 1. The molecule has 1 aromatic carbocycles. The maximum Gasteiger partial charge on any atom is 0.224 e. The Morgan fingerprint density at radius 1 is 1.23 bits per heavy atom. The molecule has 134 valence electrons. The number of carbonyl (C=O) groups excluding carboxylic acids is 1. The summed E-state index contributed by atoms with van der Waals surface area (Å²) in [6.45, 7) is 0.819. The van der Waals surface area contributed by atoms with Crippen molar-refractivity contribution in [3.8, 4) is 0 Å². The Hall–Kier alpha value is -2.73. The van der Waals surface area contributed by atoms with Crippen LogP contribution in [-0.2, 0) is 17.8 Å². The van der Waals surface area contributed by atoms with E-state index in [1.54, 1.807) is 24.9 Å². The summed E-state index contributed by atoms with van der Waals surface area (Å²) in [6.07, 6.45) is 10.3. The number of nitrogens with zero attached hydrogens (tertiary/aromatic N) is 3. The SMILES string of the molecule is O=C(Cc1cccc2cnccc12)N[C@@H]1CC(Cn2ccnc2)C[C@H]1O. The summed E-state index contributed by atoms with van der Waals surface area (Å²) in [5.74, 6) is 0.287. The van der Waals surface area contributed by atoms with Crippen LogP contribution in [-0.4, -0.2) is 37.7 Å². The highest BCUT2D eigenvalue weighted by Crippen LogP contribution is 2.28. The van der Waals surface area contributed by atoms with Gasteiger partial charge in [0.15, 0.2) is 0 Å². The van der Waals surface area contributed by atoms with Gasteiger partial charge in [-0.1, -0.05) is 18.2 Å². The highest BCUT2D eigenvalue weighted by atomic mass is 16.3. The lowest BCUT2D eigenvalue weighted by atomic mass is 10.0. The molecule has 2 aromatic heterocycles. The Kier molecular flexibility index (Phi) is 4.67. The van der Waals surface area contributed by atoms with E-state index >= 15 is 0 Å². The van der Waals surface area contributed by atoms with Gasteiger partial charge in [-0.3, -0.25) is 9.78 Å². The number of hydrogen-bond donors (Lipinski definition) is 2. The lowest BCUT2D eigenvalue weighted by Crippen LogP contribution is -2.40. The van der Waals surface area contributed by atoms with Crippen molar-refractivity contribution in [2.45, 2.75) is 38.0 Å². The predicted molar refractivity (Wildman–Crippen MR) is 98.3 cm³/mol. The fourth-order valence-electron chi connectivity index (χ4n) is 3.89. The zero-order chi connectivity index (χ0) is 17.9. The van der Waals surface area contributed by atoms with Crippen LogP contribution in [0.4, 0.5) is 0 Å². The second-order valence-electron chi connectivity index (χ2n) is 7.03. The maximum absolute atomic E-state index is 12.5. The van der Waals surface area contributed by atoms with Gasteiger partial charge in [-0.25, -0.2) is 4.98 Å². The minimum absolute atomic E-state index is 0.0540. The molecule has 3 aromatic rings. The van der Waals surface area contributed by atoms with Crippen LogP contribution >= 0.6 is 0 Å². The monoisotopic (exact) mass is 350 g/mol. The Morgan fingerprint density at radius 2 is 2.15 bits per heavy atom. The molecule has 1 saturated carbocycles. The van der Waals surface area contributed by atoms with Gasteiger partial charge in [-0.05, 0) is 35.8 Å². The van der Waals surface area contributed by atoms with E-state index in [0.29, 0.717) is 18.8 Å². The molecular formula is C20H22N4O2. The first-order valence-electron chi connectivity index (χ1n) is 8.94. The normalized spacial score (nSPS) is 22.6. The first-order chi connectivity index (χ1) is 12.7. The Morgan fingerprint density at radius 3 is 3.00 bits per heavy atom. The van der Waals surface area contributed by atoms with Crippen LogP contribution in [0.5, 0.6) is 0 Å². The van der Waals surface area contributed by atoms with Crippen LogP contribution in [0.3, 0.4) is 0 Å². The highest BCUT2D eigenvalue weighted by Gasteiger charge is 2.34. The van der Waals surface area contributed by atoms with Gasteiger partial charge in [0.2, 0.25) is 5.91 Å². The standard InChI is InChI=1S/C20H22N4O2/c25-19-9-14(12-24-7-6-22-13-24)8-18(19)23-20(26)10-15-2-1-3-16-11-21-5-4-17(15)16/h1-7,11,13-14,18-19,25H,8-10,12H2,(H,23,26)/t14?,18-,19-/m1/s1. The Bertz CT molecular complexity index is 888. The number of rotatable bonds is 5. The van der Waals surface area contributed by atoms with E-state index < -0.39 is 6.10 Å². The first kappa shape index (κ1) is 16.7. The topological polar surface area (TPSA) is 80.0 Å². The zero-order valence-electron chi connectivity index (χ0n) is 14.5. The van der Waals surface area contributed by atoms with E-state index in [1.807, 2.05) is 35.0 Å². The Balaban J connectivity index is 1.38. The van der Waals surface area contributed by atoms with E-state index in [2.05, 4.69) is 15.3 Å². The number of amides is 1. The van der Waals surface area contributed by atoms with Gasteiger partial charge in [0.25, 0.3) is 0 Å². The molecule has 0 saturated heterocycles. The van der Waals surface area contributed by atoms with Gasteiger partial charge >= 0.3 is 0 Å². The number of nitrogens with one attached hydrogen (secondary N) is 1. The van der Waals surface area contributed by atoms with Crippen molar-refractivity contribution < 1.29 is 9.90 Å². The molecule has 1 fully saturated rings. The molecule has 1 aliphatic rings. The van der Waals surface area contributed by atoms with E-state index in [-0.39, 0.29) is 11.9 Å². The summed E-state index contributed by atoms with van der Waals surface area (Å²) < 4.78 is 2.02. The number of carbonyl (C=O) groups is 1. The van der Waals surface area contributed by atoms with E-state index in [1.165, 1.54) is 0 Å². The van der Waals surface area contributed by atoms with Gasteiger partial charge in [0.05, 0.1) is 24.9 Å². The average Bonchev–Trinajstić information content (AvgIpc) is 3.26. The lowest BCUT2D eigenvalue weighted by Gasteiger charge is -2.17. The highest BCUT2D eigenvalue weighted by molar-refractivity contribution is 5.89. The summed E-state index contributed by atoms with van der Waals surface area (Å²) in [7, 11) is 0. The van der Waals surface area contributed by atoms with Crippen molar-refractivity contribution >= 4 is 16.7 Å². The number of aliphatic hydroxyl groups is 1. The van der Waals surface area contributed by atoms with Crippen LogP contribution in [0.1, 0.15) is 18.4 Å². The molecule has 26 heavy (non-hydrogen) atoms. The maximum atomic E-state index is 12.5. The second kappa shape index (κ2) is 7.25. The third kappa shape index (κ3) is 3.60. The van der Waals surface area contributed by atoms with Gasteiger partial charge in [-0.15, -0.1) is 0 Å². The Labute approximate surface area is 151 Å². The fourth-order valence-corrected chi connectivity index (χ4v) is 3.89. The largest absolute Gasteiger partial charge is 0.391 e. The molecule has 1 aliphatic carbocycles. The zero-order valence-corrected chi connectivity index (χ0v) is 14.5.